The van der Waals surface area contributed by atoms with Crippen LogP contribution in [0.4, 0.5) is 0 Å². The van der Waals surface area contributed by atoms with Crippen LogP contribution in [0.3, 0.4) is 0 Å². The van der Waals surface area contributed by atoms with Crippen LogP contribution in [0, 0.1) is 5.92 Å². The molecule has 1 rings (SSSR count). The van der Waals surface area contributed by atoms with Gasteiger partial charge in [-0.05, 0) is 6.08 Å². The van der Waals surface area contributed by atoms with Gasteiger partial charge in [0.1, 0.15) is 5.78 Å². The normalized spacial score (nSPS) is 15.9. The van der Waals surface area contributed by atoms with Crippen molar-refractivity contribution in [3.63, 3.8) is 0 Å². The van der Waals surface area contributed by atoms with Gasteiger partial charge in [-0.3, -0.25) is 9.79 Å². The number of Topliss-reactive ketones (excluding diaryl/α,β-unsaturated/α-hetero) is 1. The van der Waals surface area contributed by atoms with Crippen LogP contribution in [0.1, 0.15) is 13.3 Å². The molecule has 0 saturated heterocycles. The predicted molar refractivity (Wildman–Crippen MR) is 60.8 cm³/mol. The van der Waals surface area contributed by atoms with Crippen LogP contribution < -0.4 is 10.6 Å². The van der Waals surface area contributed by atoms with Gasteiger partial charge in [-0.15, -0.1) is 5.73 Å². The van der Waals surface area contributed by atoms with Crippen molar-refractivity contribution in [2.75, 3.05) is 19.6 Å². The minimum absolute atomic E-state index is 0.0947. The Morgan fingerprint density at radius 2 is 2.67 bits per heavy atom. The topological polar surface area (TPSA) is 53.5 Å². The van der Waals surface area contributed by atoms with E-state index in [0.717, 1.165) is 19.0 Å². The summed E-state index contributed by atoms with van der Waals surface area (Å²) in [5.74, 6) is 0.898. The second kappa shape index (κ2) is 6.04. The molecule has 1 aliphatic rings. The fourth-order valence-corrected chi connectivity index (χ4v) is 1.32. The van der Waals surface area contributed by atoms with E-state index in [4.69, 9.17) is 0 Å². The Labute approximate surface area is 90.2 Å². The highest BCUT2D eigenvalue weighted by Gasteiger charge is 2.10. The Kier molecular flexibility index (Phi) is 4.64. The molecule has 4 heteroatoms. The number of nitrogens with one attached hydrogen (secondary N) is 2. The summed E-state index contributed by atoms with van der Waals surface area (Å²) < 4.78 is 0. The van der Waals surface area contributed by atoms with Crippen LogP contribution in [0.5, 0.6) is 0 Å². The highest BCUT2D eigenvalue weighted by Crippen LogP contribution is 2.00. The number of allylic oxidation sites excluding steroid dienone is 1. The Bertz CT molecular complexity index is 303. The molecule has 0 amide bonds. The summed E-state index contributed by atoms with van der Waals surface area (Å²) in [6.07, 6.45) is 2.19. The number of carbonyl (C=O) groups excluding carboxylic acids is 1. The van der Waals surface area contributed by atoms with Crippen molar-refractivity contribution in [1.82, 2.24) is 10.6 Å². The average molecular weight is 207 g/mol. The first-order valence-corrected chi connectivity index (χ1v) is 5.15. The van der Waals surface area contributed by atoms with Gasteiger partial charge in [0, 0.05) is 25.4 Å². The van der Waals surface area contributed by atoms with E-state index in [1.54, 1.807) is 6.08 Å². The fourth-order valence-electron chi connectivity index (χ4n) is 1.32. The van der Waals surface area contributed by atoms with Gasteiger partial charge < -0.3 is 10.6 Å². The highest BCUT2D eigenvalue weighted by molar-refractivity contribution is 5.84. The Morgan fingerprint density at radius 1 is 1.87 bits per heavy atom. The third kappa shape index (κ3) is 4.00. The van der Waals surface area contributed by atoms with E-state index in [1.807, 2.05) is 6.92 Å². The molecule has 1 unspecified atom stereocenters. The fraction of sp³-hybridized carbons (Fsp3) is 0.545. The zero-order valence-electron chi connectivity index (χ0n) is 9.05. The molecule has 0 aromatic carbocycles. The number of rotatable bonds is 5. The van der Waals surface area contributed by atoms with Crippen molar-refractivity contribution in [3.05, 3.63) is 18.4 Å². The third-order valence-electron chi connectivity index (χ3n) is 2.21. The Morgan fingerprint density at radius 3 is 3.27 bits per heavy atom. The number of carbonyl (C=O) groups is 1. The largest absolute Gasteiger partial charge is 0.356 e. The Hall–Kier alpha value is -1.54. The Balaban J connectivity index is 2.19. The van der Waals surface area contributed by atoms with E-state index in [2.05, 4.69) is 27.9 Å². The van der Waals surface area contributed by atoms with Gasteiger partial charge in [-0.1, -0.05) is 13.5 Å². The summed E-state index contributed by atoms with van der Waals surface area (Å²) in [7, 11) is 0. The molecule has 0 aromatic heterocycles. The van der Waals surface area contributed by atoms with Gasteiger partial charge in [0.15, 0.2) is 5.96 Å². The number of aliphatic imine (C=N–C) groups is 1. The van der Waals surface area contributed by atoms with Crippen LogP contribution in [0.2, 0.25) is 0 Å². The summed E-state index contributed by atoms with van der Waals surface area (Å²) >= 11 is 0. The summed E-state index contributed by atoms with van der Waals surface area (Å²) in [6, 6.07) is 0. The van der Waals surface area contributed by atoms with Gasteiger partial charge in [0.2, 0.25) is 0 Å². The summed E-state index contributed by atoms with van der Waals surface area (Å²) in [6.45, 7) is 7.62. The maximum absolute atomic E-state index is 11.5. The smallest absolute Gasteiger partial charge is 0.191 e. The quantitative estimate of drug-likeness (QED) is 0.644. The number of hydrogen-bond donors (Lipinski definition) is 2. The number of guanidine groups is 1. The maximum Gasteiger partial charge on any atom is 0.191 e. The molecule has 1 atom stereocenters. The molecule has 0 fully saturated rings. The highest BCUT2D eigenvalue weighted by atomic mass is 16.1. The van der Waals surface area contributed by atoms with Crippen LogP contribution in [-0.2, 0) is 4.79 Å². The van der Waals surface area contributed by atoms with Crippen molar-refractivity contribution in [1.29, 1.82) is 0 Å². The molecule has 1 heterocycles. The van der Waals surface area contributed by atoms with Crippen LogP contribution in [0.15, 0.2) is 23.4 Å². The molecule has 2 N–H and O–H groups in total. The van der Waals surface area contributed by atoms with E-state index >= 15 is 0 Å². The van der Waals surface area contributed by atoms with E-state index in [1.165, 1.54) is 0 Å². The first-order chi connectivity index (χ1) is 7.24. The lowest BCUT2D eigenvalue weighted by molar-refractivity contribution is -0.120. The molecule has 0 aromatic rings. The molecule has 0 spiro atoms. The van der Waals surface area contributed by atoms with Gasteiger partial charge in [0.25, 0.3) is 0 Å². The molecule has 15 heavy (non-hydrogen) atoms. The lowest BCUT2D eigenvalue weighted by atomic mass is 10.0. The van der Waals surface area contributed by atoms with E-state index in [0.29, 0.717) is 13.0 Å². The van der Waals surface area contributed by atoms with Gasteiger partial charge in [0.05, 0.1) is 6.54 Å². The van der Waals surface area contributed by atoms with Crippen molar-refractivity contribution in [2.45, 2.75) is 13.3 Å². The molecule has 82 valence electrons. The molecule has 0 aliphatic carbocycles. The van der Waals surface area contributed by atoms with E-state index in [-0.39, 0.29) is 11.7 Å². The maximum atomic E-state index is 11.5. The molecular weight excluding hydrogens is 190 g/mol. The first kappa shape index (κ1) is 11.5. The summed E-state index contributed by atoms with van der Waals surface area (Å²) in [4.78, 5) is 15.7. The number of nitrogens with zero attached hydrogens (tertiary/aromatic N) is 1. The number of ketones is 1. The zero-order chi connectivity index (χ0) is 11.1. The lowest BCUT2D eigenvalue weighted by Crippen LogP contribution is -2.35. The average Bonchev–Trinajstić information content (AvgIpc) is 2.71. The van der Waals surface area contributed by atoms with Gasteiger partial charge in [-0.25, -0.2) is 0 Å². The standard InChI is InChI=1S/C11H17N3O/c1-3-4-9(2)10(15)5-6-12-11-13-7-8-14-11/h4,9H,1,5-8H2,2H3,(H2,12,13,14). The number of hydrogen-bond acceptors (Lipinski definition) is 4. The molecule has 0 saturated carbocycles. The zero-order valence-corrected chi connectivity index (χ0v) is 9.05. The van der Waals surface area contributed by atoms with Gasteiger partial charge >= 0.3 is 0 Å². The van der Waals surface area contributed by atoms with Crippen molar-refractivity contribution < 1.29 is 4.79 Å². The molecule has 0 bridgehead atoms. The van der Waals surface area contributed by atoms with E-state index < -0.39 is 0 Å². The summed E-state index contributed by atoms with van der Waals surface area (Å²) in [5, 5.41) is 6.16. The van der Waals surface area contributed by atoms with Crippen molar-refractivity contribution >= 4 is 11.7 Å². The van der Waals surface area contributed by atoms with Crippen LogP contribution >= 0.6 is 0 Å². The molecule has 1 aliphatic heterocycles. The SMILES string of the molecule is C=C=CC(C)C(=O)CCNC1=NCCN1. The minimum atomic E-state index is -0.0947. The lowest BCUT2D eigenvalue weighted by Gasteiger charge is -2.07. The molecule has 0 radical (unpaired) electrons. The molecular formula is C11H17N3O. The first-order valence-electron chi connectivity index (χ1n) is 5.15. The monoisotopic (exact) mass is 207 g/mol. The summed E-state index contributed by atoms with van der Waals surface area (Å²) in [5.41, 5.74) is 2.63. The minimum Gasteiger partial charge on any atom is -0.356 e. The van der Waals surface area contributed by atoms with Crippen LogP contribution in [-0.4, -0.2) is 31.4 Å². The van der Waals surface area contributed by atoms with Crippen molar-refractivity contribution in [2.24, 2.45) is 10.9 Å². The second-order valence-electron chi connectivity index (χ2n) is 3.46. The molecule has 4 nitrogen and oxygen atoms in total. The third-order valence-corrected chi connectivity index (χ3v) is 2.21. The van der Waals surface area contributed by atoms with Crippen LogP contribution in [0.25, 0.3) is 0 Å². The van der Waals surface area contributed by atoms with Crippen molar-refractivity contribution in [3.8, 4) is 0 Å². The van der Waals surface area contributed by atoms with E-state index in [9.17, 15) is 4.79 Å². The predicted octanol–water partition coefficient (Wildman–Crippen LogP) is 0.472. The second-order valence-corrected chi connectivity index (χ2v) is 3.46. The van der Waals surface area contributed by atoms with Gasteiger partial charge in [-0.2, -0.15) is 0 Å².